The molecule has 0 bridgehead atoms. The molecular formula is C7H2F3IN2O4. The summed E-state index contributed by atoms with van der Waals surface area (Å²) in [5.74, 6) is 0. The zero-order valence-corrected chi connectivity index (χ0v) is 9.85. The smallest absolute Gasteiger partial charge is 0.258 e. The van der Waals surface area contributed by atoms with Crippen LogP contribution in [0.4, 0.5) is 24.5 Å². The Morgan fingerprint density at radius 2 is 1.41 bits per heavy atom. The highest BCUT2D eigenvalue weighted by Crippen LogP contribution is 2.38. The molecule has 0 atom stereocenters. The van der Waals surface area contributed by atoms with Crippen LogP contribution in [0.1, 0.15) is 5.56 Å². The maximum absolute atomic E-state index is 12.4. The molecule has 0 fully saturated rings. The van der Waals surface area contributed by atoms with Crippen LogP contribution in [-0.2, 0) is 6.18 Å². The molecule has 17 heavy (non-hydrogen) atoms. The van der Waals surface area contributed by atoms with Crippen molar-refractivity contribution in [3.05, 3.63) is 41.5 Å². The summed E-state index contributed by atoms with van der Waals surface area (Å²) in [7, 11) is 0. The Kier molecular flexibility index (Phi) is 3.54. The highest BCUT2D eigenvalue weighted by atomic mass is 127. The maximum atomic E-state index is 12.4. The van der Waals surface area contributed by atoms with Crippen molar-refractivity contribution in [1.29, 1.82) is 0 Å². The van der Waals surface area contributed by atoms with Gasteiger partial charge in [-0.25, -0.2) is 0 Å². The first-order valence-corrected chi connectivity index (χ1v) is 4.92. The molecule has 0 aliphatic heterocycles. The van der Waals surface area contributed by atoms with Crippen molar-refractivity contribution in [3.63, 3.8) is 0 Å². The van der Waals surface area contributed by atoms with Crippen LogP contribution >= 0.6 is 22.6 Å². The van der Waals surface area contributed by atoms with Gasteiger partial charge >= 0.3 is 6.18 Å². The van der Waals surface area contributed by atoms with E-state index in [1.807, 2.05) is 0 Å². The van der Waals surface area contributed by atoms with Crippen LogP contribution < -0.4 is 0 Å². The van der Waals surface area contributed by atoms with Gasteiger partial charge in [0, 0.05) is 12.1 Å². The van der Waals surface area contributed by atoms with Gasteiger partial charge in [-0.05, 0) is 22.6 Å². The first kappa shape index (κ1) is 13.6. The van der Waals surface area contributed by atoms with Gasteiger partial charge in [-0.15, -0.1) is 0 Å². The first-order chi connectivity index (χ1) is 7.64. The van der Waals surface area contributed by atoms with E-state index in [9.17, 15) is 33.4 Å². The fourth-order valence-corrected chi connectivity index (χ4v) is 1.73. The molecule has 0 saturated heterocycles. The highest BCUT2D eigenvalue weighted by Gasteiger charge is 2.36. The number of benzene rings is 1. The van der Waals surface area contributed by atoms with Gasteiger partial charge in [0.1, 0.15) is 0 Å². The molecule has 0 heterocycles. The molecule has 1 aromatic carbocycles. The highest BCUT2D eigenvalue weighted by molar-refractivity contribution is 14.1. The van der Waals surface area contributed by atoms with Crippen LogP contribution in [0, 0.1) is 23.8 Å². The zero-order chi connectivity index (χ0) is 13.4. The molecule has 1 aromatic rings. The van der Waals surface area contributed by atoms with Gasteiger partial charge < -0.3 is 0 Å². The second kappa shape index (κ2) is 4.43. The minimum absolute atomic E-state index is 0.273. The lowest BCUT2D eigenvalue weighted by Gasteiger charge is -2.07. The molecule has 10 heteroatoms. The molecule has 6 nitrogen and oxygen atoms in total. The Morgan fingerprint density at radius 3 is 1.65 bits per heavy atom. The van der Waals surface area contributed by atoms with Gasteiger partial charge in [-0.2, -0.15) is 13.2 Å². The third-order valence-corrected chi connectivity index (χ3v) is 2.86. The summed E-state index contributed by atoms with van der Waals surface area (Å²) in [5, 5.41) is 21.0. The molecule has 92 valence electrons. The minimum atomic E-state index is -4.88. The second-order valence-corrected chi connectivity index (χ2v) is 3.92. The standard InChI is InChI=1S/C7H2F3IN2O4/c8-7(9,10)3-1-4(12(14)15)6(11)5(2-3)13(16)17/h1-2H. The maximum Gasteiger partial charge on any atom is 0.416 e. The largest absolute Gasteiger partial charge is 0.416 e. The number of halogens is 4. The van der Waals surface area contributed by atoms with E-state index in [0.29, 0.717) is 0 Å². The van der Waals surface area contributed by atoms with Crippen molar-refractivity contribution in [1.82, 2.24) is 0 Å². The average molecular weight is 362 g/mol. The number of hydrogen-bond donors (Lipinski definition) is 0. The van der Waals surface area contributed by atoms with Crippen LogP contribution in [0.25, 0.3) is 0 Å². The summed E-state index contributed by atoms with van der Waals surface area (Å²) >= 11 is 1.27. The third-order valence-electron chi connectivity index (χ3n) is 1.75. The Morgan fingerprint density at radius 1 is 1.06 bits per heavy atom. The molecule has 0 amide bonds. The van der Waals surface area contributed by atoms with Crippen LogP contribution in [0.2, 0.25) is 0 Å². The van der Waals surface area contributed by atoms with Crippen molar-refractivity contribution >= 4 is 34.0 Å². The Labute approximate surface area is 105 Å². The monoisotopic (exact) mass is 362 g/mol. The Bertz CT molecular complexity index is 467. The number of nitrogens with zero attached hydrogens (tertiary/aromatic N) is 2. The number of nitro benzene ring substituents is 2. The van der Waals surface area contributed by atoms with E-state index in [-0.39, 0.29) is 12.1 Å². The number of nitro groups is 2. The average Bonchev–Trinajstić information content (AvgIpc) is 2.14. The molecule has 0 N–H and O–H groups in total. The minimum Gasteiger partial charge on any atom is -0.258 e. The quantitative estimate of drug-likeness (QED) is 0.460. The molecule has 0 saturated carbocycles. The summed E-state index contributed by atoms with van der Waals surface area (Å²) in [6.07, 6.45) is -4.88. The molecule has 0 aliphatic carbocycles. The SMILES string of the molecule is O=[N+]([O-])c1cc(C(F)(F)F)cc([N+](=O)[O-])c1I. The van der Waals surface area contributed by atoms with Gasteiger partial charge in [0.05, 0.1) is 15.4 Å². The second-order valence-electron chi connectivity index (χ2n) is 2.84. The summed E-state index contributed by atoms with van der Waals surface area (Å²) in [6, 6.07) is 0.545. The van der Waals surface area contributed by atoms with Crippen LogP contribution in [0.15, 0.2) is 12.1 Å². The number of hydrogen-bond acceptors (Lipinski definition) is 4. The normalized spacial score (nSPS) is 11.3. The zero-order valence-electron chi connectivity index (χ0n) is 7.69. The lowest BCUT2D eigenvalue weighted by atomic mass is 10.1. The van der Waals surface area contributed by atoms with Gasteiger partial charge in [-0.1, -0.05) is 0 Å². The molecule has 0 aromatic heterocycles. The van der Waals surface area contributed by atoms with Crippen LogP contribution in [-0.4, -0.2) is 9.85 Å². The molecule has 0 spiro atoms. The molecule has 1 rings (SSSR count). The number of alkyl halides is 3. The Balaban J connectivity index is 3.59. The molecule has 0 aliphatic rings. The van der Waals surface area contributed by atoms with Crippen molar-refractivity contribution < 1.29 is 23.0 Å². The molecule has 0 unspecified atom stereocenters. The van der Waals surface area contributed by atoms with Crippen LogP contribution in [0.5, 0.6) is 0 Å². The van der Waals surface area contributed by atoms with Gasteiger partial charge in [0.15, 0.2) is 3.57 Å². The fraction of sp³-hybridized carbons (Fsp3) is 0.143. The summed E-state index contributed by atoms with van der Waals surface area (Å²) in [5.41, 5.74) is -3.30. The predicted octanol–water partition coefficient (Wildman–Crippen LogP) is 3.13. The summed E-state index contributed by atoms with van der Waals surface area (Å²) < 4.78 is 36.6. The van der Waals surface area contributed by atoms with Gasteiger partial charge in [0.25, 0.3) is 11.4 Å². The van der Waals surface area contributed by atoms with E-state index in [1.54, 1.807) is 0 Å². The lowest BCUT2D eigenvalue weighted by Crippen LogP contribution is -2.08. The summed E-state index contributed by atoms with van der Waals surface area (Å²) in [6.45, 7) is 0. The van der Waals surface area contributed by atoms with E-state index >= 15 is 0 Å². The lowest BCUT2D eigenvalue weighted by molar-refractivity contribution is -0.396. The van der Waals surface area contributed by atoms with Gasteiger partial charge in [0.2, 0.25) is 0 Å². The van der Waals surface area contributed by atoms with Crippen molar-refractivity contribution in [2.75, 3.05) is 0 Å². The van der Waals surface area contributed by atoms with Crippen molar-refractivity contribution in [3.8, 4) is 0 Å². The van der Waals surface area contributed by atoms with E-state index in [0.717, 1.165) is 0 Å². The molecular weight excluding hydrogens is 360 g/mol. The Hall–Kier alpha value is -1.46. The first-order valence-electron chi connectivity index (χ1n) is 3.84. The van der Waals surface area contributed by atoms with Crippen molar-refractivity contribution in [2.24, 2.45) is 0 Å². The fourth-order valence-electron chi connectivity index (χ4n) is 1.02. The van der Waals surface area contributed by atoms with E-state index in [2.05, 4.69) is 0 Å². The third kappa shape index (κ3) is 2.81. The molecule has 0 radical (unpaired) electrons. The summed E-state index contributed by atoms with van der Waals surface area (Å²) in [4.78, 5) is 18.8. The van der Waals surface area contributed by atoms with Crippen LogP contribution in [0.3, 0.4) is 0 Å². The number of rotatable bonds is 2. The predicted molar refractivity (Wildman–Crippen MR) is 57.5 cm³/mol. The van der Waals surface area contributed by atoms with E-state index in [4.69, 9.17) is 0 Å². The van der Waals surface area contributed by atoms with E-state index in [1.165, 1.54) is 22.6 Å². The van der Waals surface area contributed by atoms with E-state index < -0.39 is 36.5 Å². The van der Waals surface area contributed by atoms with Crippen molar-refractivity contribution in [2.45, 2.75) is 6.18 Å². The van der Waals surface area contributed by atoms with Gasteiger partial charge in [-0.3, -0.25) is 20.2 Å². The topological polar surface area (TPSA) is 86.3 Å².